The lowest BCUT2D eigenvalue weighted by Gasteiger charge is -2.10. The van der Waals surface area contributed by atoms with Gasteiger partial charge in [0.2, 0.25) is 0 Å². The van der Waals surface area contributed by atoms with Crippen LogP contribution in [0.1, 0.15) is 15.9 Å². The topological polar surface area (TPSA) is 72.5 Å². The first-order valence-corrected chi connectivity index (χ1v) is 5.54. The number of hydrogen-bond donors (Lipinski definition) is 2. The lowest BCUT2D eigenvalue weighted by molar-refractivity contribution is 0.0698. The van der Waals surface area contributed by atoms with Crippen LogP contribution in [0.4, 0.5) is 10.1 Å². The summed E-state index contributed by atoms with van der Waals surface area (Å²) in [4.78, 5) is 10.8. The van der Waals surface area contributed by atoms with Crippen LogP contribution in [-0.4, -0.2) is 11.1 Å². The normalized spacial score (nSPS) is 10.2. The maximum atomic E-state index is 13.1. The van der Waals surface area contributed by atoms with Gasteiger partial charge in [0.1, 0.15) is 17.3 Å². The molecule has 0 radical (unpaired) electrons. The van der Waals surface area contributed by atoms with Gasteiger partial charge < -0.3 is 15.6 Å². The molecule has 2 aromatic rings. The molecule has 3 N–H and O–H groups in total. The molecule has 0 aliphatic carbocycles. The van der Waals surface area contributed by atoms with Crippen LogP contribution in [0.5, 0.6) is 11.5 Å². The molecule has 2 rings (SSSR count). The quantitative estimate of drug-likeness (QED) is 0.832. The van der Waals surface area contributed by atoms with Crippen LogP contribution in [-0.2, 0) is 0 Å². The van der Waals surface area contributed by atoms with Crippen molar-refractivity contribution in [3.63, 3.8) is 0 Å². The zero-order valence-corrected chi connectivity index (χ0v) is 10.2. The highest BCUT2D eigenvalue weighted by atomic mass is 19.1. The summed E-state index contributed by atoms with van der Waals surface area (Å²) in [5, 5.41) is 8.86. The lowest BCUT2D eigenvalue weighted by Crippen LogP contribution is -2.02. The van der Waals surface area contributed by atoms with E-state index in [-0.39, 0.29) is 11.3 Å². The van der Waals surface area contributed by atoms with Crippen LogP contribution < -0.4 is 10.5 Å². The number of ether oxygens (including phenoxy) is 1. The molecule has 0 aromatic heterocycles. The Bertz CT molecular complexity index is 641. The third-order valence-corrected chi connectivity index (χ3v) is 2.63. The van der Waals surface area contributed by atoms with E-state index in [4.69, 9.17) is 15.6 Å². The smallest absolute Gasteiger partial charge is 0.337 e. The van der Waals surface area contributed by atoms with Crippen molar-refractivity contribution in [1.82, 2.24) is 0 Å². The number of nitrogen functional groups attached to an aromatic ring is 1. The monoisotopic (exact) mass is 261 g/mol. The van der Waals surface area contributed by atoms with Crippen molar-refractivity contribution < 1.29 is 19.0 Å². The number of carboxylic acids is 1. The molecular formula is C14H12FNO3. The van der Waals surface area contributed by atoms with Crippen molar-refractivity contribution in [1.29, 1.82) is 0 Å². The molecule has 0 fully saturated rings. The SMILES string of the molecule is Cc1ccc(F)cc1Oc1ccc(C(=O)O)c(N)c1. The van der Waals surface area contributed by atoms with Crippen LogP contribution in [0, 0.1) is 12.7 Å². The average Bonchev–Trinajstić information content (AvgIpc) is 2.33. The van der Waals surface area contributed by atoms with Crippen molar-refractivity contribution >= 4 is 11.7 Å². The summed E-state index contributed by atoms with van der Waals surface area (Å²) in [6, 6.07) is 8.42. The second kappa shape index (κ2) is 4.97. The summed E-state index contributed by atoms with van der Waals surface area (Å²) >= 11 is 0. The molecule has 5 heteroatoms. The molecule has 0 unspecified atom stereocenters. The van der Waals surface area contributed by atoms with Crippen LogP contribution >= 0.6 is 0 Å². The molecule has 0 heterocycles. The minimum absolute atomic E-state index is 0.00307. The molecule has 0 bridgehead atoms. The molecule has 2 aromatic carbocycles. The van der Waals surface area contributed by atoms with Gasteiger partial charge in [-0.05, 0) is 30.7 Å². The fourth-order valence-electron chi connectivity index (χ4n) is 1.61. The van der Waals surface area contributed by atoms with Crippen molar-refractivity contribution in [2.75, 3.05) is 5.73 Å². The maximum Gasteiger partial charge on any atom is 0.337 e. The Kier molecular flexibility index (Phi) is 3.37. The largest absolute Gasteiger partial charge is 0.478 e. The van der Waals surface area contributed by atoms with Crippen LogP contribution in [0.2, 0.25) is 0 Å². The van der Waals surface area contributed by atoms with E-state index in [9.17, 15) is 9.18 Å². The van der Waals surface area contributed by atoms with E-state index >= 15 is 0 Å². The van der Waals surface area contributed by atoms with E-state index in [1.54, 1.807) is 13.0 Å². The minimum Gasteiger partial charge on any atom is -0.478 e. The average molecular weight is 261 g/mol. The van der Waals surface area contributed by atoms with Gasteiger partial charge in [-0.3, -0.25) is 0 Å². The number of anilines is 1. The highest BCUT2D eigenvalue weighted by Gasteiger charge is 2.10. The lowest BCUT2D eigenvalue weighted by atomic mass is 10.1. The van der Waals surface area contributed by atoms with Gasteiger partial charge in [0, 0.05) is 17.8 Å². The molecule has 0 aliphatic rings. The zero-order valence-electron chi connectivity index (χ0n) is 10.2. The van der Waals surface area contributed by atoms with E-state index < -0.39 is 11.8 Å². The molecule has 0 spiro atoms. The zero-order chi connectivity index (χ0) is 14.0. The summed E-state index contributed by atoms with van der Waals surface area (Å²) in [5.41, 5.74) is 6.47. The number of hydrogen-bond acceptors (Lipinski definition) is 3. The summed E-state index contributed by atoms with van der Waals surface area (Å²) in [6.45, 7) is 1.78. The minimum atomic E-state index is -1.11. The second-order valence-electron chi connectivity index (χ2n) is 4.07. The van der Waals surface area contributed by atoms with Crippen molar-refractivity contribution in [2.45, 2.75) is 6.92 Å². The van der Waals surface area contributed by atoms with E-state index in [0.717, 1.165) is 5.56 Å². The van der Waals surface area contributed by atoms with Gasteiger partial charge in [-0.15, -0.1) is 0 Å². The predicted octanol–water partition coefficient (Wildman–Crippen LogP) is 3.21. The Morgan fingerprint density at radius 3 is 2.63 bits per heavy atom. The first-order valence-electron chi connectivity index (χ1n) is 5.54. The number of nitrogens with two attached hydrogens (primary N) is 1. The van der Waals surface area contributed by atoms with Crippen molar-refractivity contribution in [3.8, 4) is 11.5 Å². The Morgan fingerprint density at radius 1 is 1.26 bits per heavy atom. The number of rotatable bonds is 3. The van der Waals surface area contributed by atoms with Crippen molar-refractivity contribution in [2.24, 2.45) is 0 Å². The van der Waals surface area contributed by atoms with E-state index in [0.29, 0.717) is 11.5 Å². The molecule has 0 atom stereocenters. The van der Waals surface area contributed by atoms with Crippen LogP contribution in [0.25, 0.3) is 0 Å². The molecule has 98 valence electrons. The summed E-state index contributed by atoms with van der Waals surface area (Å²) < 4.78 is 18.6. The van der Waals surface area contributed by atoms with Gasteiger partial charge in [0.25, 0.3) is 0 Å². The molecule has 0 aliphatic heterocycles. The van der Waals surface area contributed by atoms with Crippen LogP contribution in [0.3, 0.4) is 0 Å². The number of benzene rings is 2. The molecule has 0 amide bonds. The van der Waals surface area contributed by atoms with Gasteiger partial charge in [0.05, 0.1) is 5.56 Å². The van der Waals surface area contributed by atoms with E-state index in [2.05, 4.69) is 0 Å². The highest BCUT2D eigenvalue weighted by Crippen LogP contribution is 2.28. The Balaban J connectivity index is 2.31. The second-order valence-corrected chi connectivity index (χ2v) is 4.07. The fourth-order valence-corrected chi connectivity index (χ4v) is 1.61. The fraction of sp³-hybridized carbons (Fsp3) is 0.0714. The standard InChI is InChI=1S/C14H12FNO3/c1-8-2-3-9(15)6-13(8)19-10-4-5-11(14(17)18)12(16)7-10/h2-7H,16H2,1H3,(H,17,18). The van der Waals surface area contributed by atoms with Crippen LogP contribution in [0.15, 0.2) is 36.4 Å². The first kappa shape index (κ1) is 12.9. The molecule has 4 nitrogen and oxygen atoms in total. The highest BCUT2D eigenvalue weighted by molar-refractivity contribution is 5.93. The third-order valence-electron chi connectivity index (χ3n) is 2.63. The molecule has 19 heavy (non-hydrogen) atoms. The molecule has 0 saturated carbocycles. The van der Waals surface area contributed by atoms with Gasteiger partial charge in [0.15, 0.2) is 0 Å². The van der Waals surface area contributed by atoms with E-state index in [1.165, 1.54) is 30.3 Å². The Morgan fingerprint density at radius 2 is 2.00 bits per heavy atom. The van der Waals surface area contributed by atoms with Gasteiger partial charge >= 0.3 is 5.97 Å². The Labute approximate surface area is 109 Å². The summed E-state index contributed by atoms with van der Waals surface area (Å²) in [6.07, 6.45) is 0. The maximum absolute atomic E-state index is 13.1. The summed E-state index contributed by atoms with van der Waals surface area (Å²) in [7, 11) is 0. The third kappa shape index (κ3) is 2.82. The predicted molar refractivity (Wildman–Crippen MR) is 69.0 cm³/mol. The molecular weight excluding hydrogens is 249 g/mol. The number of carboxylic acid groups (broad SMARTS) is 1. The number of aromatic carboxylic acids is 1. The Hall–Kier alpha value is -2.56. The van der Waals surface area contributed by atoms with Gasteiger partial charge in [-0.2, -0.15) is 0 Å². The number of aryl methyl sites for hydroxylation is 1. The summed E-state index contributed by atoms with van der Waals surface area (Å²) in [5.74, 6) is -0.791. The molecule has 0 saturated heterocycles. The van der Waals surface area contributed by atoms with E-state index in [1.807, 2.05) is 0 Å². The van der Waals surface area contributed by atoms with Gasteiger partial charge in [-0.1, -0.05) is 6.07 Å². The van der Waals surface area contributed by atoms with Crippen molar-refractivity contribution in [3.05, 3.63) is 53.3 Å². The number of carbonyl (C=O) groups is 1. The number of halogens is 1. The first-order chi connectivity index (χ1) is 8.97. The van der Waals surface area contributed by atoms with Gasteiger partial charge in [-0.25, -0.2) is 9.18 Å².